The summed E-state index contributed by atoms with van der Waals surface area (Å²) in [6.07, 6.45) is -1.03. The molecule has 1 atom stereocenters. The Morgan fingerprint density at radius 3 is 2.64 bits per heavy atom. The molecule has 1 unspecified atom stereocenters. The number of aliphatic hydroxyl groups excluding tert-OH is 3. The highest BCUT2D eigenvalue weighted by Crippen LogP contribution is 2.26. The van der Waals surface area contributed by atoms with E-state index in [0.717, 1.165) is 0 Å². The van der Waals surface area contributed by atoms with E-state index in [1.54, 1.807) is 24.3 Å². The summed E-state index contributed by atoms with van der Waals surface area (Å²) in [5, 5.41) is 39.0. The first kappa shape index (κ1) is 17.1. The highest BCUT2D eigenvalue weighted by atomic mass is 19.1. The maximum atomic E-state index is 13.0. The van der Waals surface area contributed by atoms with Crippen molar-refractivity contribution in [1.82, 2.24) is 5.43 Å². The molecule has 25 heavy (non-hydrogen) atoms. The van der Waals surface area contributed by atoms with Gasteiger partial charge in [0, 0.05) is 12.1 Å². The minimum absolute atomic E-state index is 0.0530. The number of hydrogen-bond acceptors (Lipinski definition) is 5. The molecule has 1 fully saturated rings. The van der Waals surface area contributed by atoms with Crippen LogP contribution in [0.4, 0.5) is 10.1 Å². The molecule has 1 aliphatic rings. The van der Waals surface area contributed by atoms with Gasteiger partial charge >= 0.3 is 0 Å². The van der Waals surface area contributed by atoms with Gasteiger partial charge in [-0.05, 0) is 35.9 Å². The number of amidine groups is 1. The number of nitrogens with one attached hydrogen (secondary N) is 2. The minimum Gasteiger partial charge on any atom is -0.507 e. The number of benzene rings is 2. The van der Waals surface area contributed by atoms with Gasteiger partial charge in [-0.15, -0.1) is 0 Å². The van der Waals surface area contributed by atoms with E-state index in [1.165, 1.54) is 29.3 Å². The number of nitrogens with zero attached hydrogens (tertiary/aromatic N) is 1. The topological polar surface area (TPSA) is 99.8 Å². The number of anilines is 1. The molecule has 3 rings (SSSR count). The van der Waals surface area contributed by atoms with Crippen LogP contribution in [-0.2, 0) is 0 Å². The van der Waals surface area contributed by atoms with Gasteiger partial charge in [0.05, 0.1) is 17.9 Å². The summed E-state index contributed by atoms with van der Waals surface area (Å²) >= 11 is 0. The molecular weight excluding hydrogens is 325 g/mol. The van der Waals surface area contributed by atoms with Crippen molar-refractivity contribution in [2.45, 2.75) is 6.10 Å². The smallest absolute Gasteiger partial charge is 0.148 e. The highest BCUT2D eigenvalue weighted by molar-refractivity contribution is 6.13. The minimum atomic E-state index is -1.03. The molecule has 0 saturated carbocycles. The van der Waals surface area contributed by atoms with Crippen LogP contribution in [0.2, 0.25) is 0 Å². The number of hydrazine groups is 1. The Hall–Kier alpha value is -2.74. The maximum Gasteiger partial charge on any atom is 0.148 e. The van der Waals surface area contributed by atoms with E-state index in [1.807, 2.05) is 0 Å². The predicted molar refractivity (Wildman–Crippen MR) is 92.6 cm³/mol. The lowest BCUT2D eigenvalue weighted by Gasteiger charge is -2.17. The summed E-state index contributed by atoms with van der Waals surface area (Å²) in [5.74, 6) is -0.404. The van der Waals surface area contributed by atoms with Crippen LogP contribution >= 0.6 is 0 Å². The molecule has 0 aliphatic carbocycles. The zero-order chi connectivity index (χ0) is 18.0. The van der Waals surface area contributed by atoms with Crippen LogP contribution in [-0.4, -0.2) is 34.3 Å². The van der Waals surface area contributed by atoms with Crippen molar-refractivity contribution >= 4 is 17.3 Å². The van der Waals surface area contributed by atoms with Crippen LogP contribution in [0.15, 0.2) is 54.1 Å². The molecule has 0 bridgehead atoms. The van der Waals surface area contributed by atoms with E-state index < -0.39 is 12.7 Å². The fourth-order valence-corrected chi connectivity index (χ4v) is 2.64. The van der Waals surface area contributed by atoms with Crippen molar-refractivity contribution in [3.8, 4) is 0 Å². The van der Waals surface area contributed by atoms with Crippen molar-refractivity contribution in [1.29, 1.82) is 5.41 Å². The molecule has 6 nitrogen and oxygen atoms in total. The van der Waals surface area contributed by atoms with Gasteiger partial charge in [0.1, 0.15) is 23.5 Å². The molecule has 2 aromatic carbocycles. The predicted octanol–water partition coefficient (Wildman–Crippen LogP) is 2.12. The summed E-state index contributed by atoms with van der Waals surface area (Å²) in [6.45, 7) is -0.189. The molecule has 0 aromatic heterocycles. The fourth-order valence-electron chi connectivity index (χ4n) is 2.64. The van der Waals surface area contributed by atoms with Gasteiger partial charge in [-0.2, -0.15) is 0 Å². The fraction of sp³-hybridized carbons (Fsp3) is 0.167. The van der Waals surface area contributed by atoms with Gasteiger partial charge < -0.3 is 15.3 Å². The van der Waals surface area contributed by atoms with Crippen molar-refractivity contribution in [3.63, 3.8) is 0 Å². The van der Waals surface area contributed by atoms with E-state index in [9.17, 15) is 14.6 Å². The zero-order valence-corrected chi connectivity index (χ0v) is 13.3. The summed E-state index contributed by atoms with van der Waals surface area (Å²) in [7, 11) is 0. The van der Waals surface area contributed by atoms with E-state index in [-0.39, 0.29) is 24.0 Å². The molecular formula is C18H18FN3O3. The van der Waals surface area contributed by atoms with Gasteiger partial charge in [0.2, 0.25) is 0 Å². The number of rotatable bonds is 4. The molecule has 0 amide bonds. The van der Waals surface area contributed by atoms with Crippen LogP contribution < -0.4 is 10.4 Å². The van der Waals surface area contributed by atoms with Crippen molar-refractivity contribution in [2.75, 3.05) is 18.2 Å². The summed E-state index contributed by atoms with van der Waals surface area (Å²) < 4.78 is 13.0. The Labute approximate surface area is 143 Å². The third-order valence-electron chi connectivity index (χ3n) is 4.01. The second-order valence-corrected chi connectivity index (χ2v) is 5.65. The van der Waals surface area contributed by atoms with Crippen molar-refractivity contribution in [3.05, 3.63) is 71.0 Å². The molecule has 130 valence electrons. The highest BCUT2D eigenvalue weighted by Gasteiger charge is 2.27. The van der Waals surface area contributed by atoms with Crippen molar-refractivity contribution in [2.24, 2.45) is 0 Å². The van der Waals surface area contributed by atoms with Gasteiger partial charge in [-0.1, -0.05) is 18.2 Å². The Kier molecular flexibility index (Phi) is 4.80. The third kappa shape index (κ3) is 3.39. The Balaban J connectivity index is 1.90. The average Bonchev–Trinajstić information content (AvgIpc) is 3.02. The molecule has 7 heteroatoms. The number of aliphatic hydroxyl groups is 3. The molecule has 0 radical (unpaired) electrons. The Morgan fingerprint density at radius 1 is 1.24 bits per heavy atom. The lowest BCUT2D eigenvalue weighted by molar-refractivity contribution is 0.0956. The summed E-state index contributed by atoms with van der Waals surface area (Å²) in [4.78, 5) is 0. The largest absolute Gasteiger partial charge is 0.507 e. The van der Waals surface area contributed by atoms with Crippen LogP contribution in [0, 0.1) is 11.2 Å². The monoisotopic (exact) mass is 343 g/mol. The maximum absolute atomic E-state index is 13.0. The third-order valence-corrected chi connectivity index (χ3v) is 4.01. The Bertz CT molecular complexity index is 821. The quantitative estimate of drug-likeness (QED) is 0.548. The van der Waals surface area contributed by atoms with Gasteiger partial charge in [0.25, 0.3) is 0 Å². The summed E-state index contributed by atoms with van der Waals surface area (Å²) in [5.41, 5.74) is 4.84. The second-order valence-electron chi connectivity index (χ2n) is 5.65. The first-order chi connectivity index (χ1) is 12.0. The zero-order valence-electron chi connectivity index (χ0n) is 13.3. The second kappa shape index (κ2) is 7.02. The van der Waals surface area contributed by atoms with E-state index in [4.69, 9.17) is 10.5 Å². The SMILES string of the molecule is N=C1C(=C(O)c2cccc(C(O)CO)c2)CNN1c1ccc(F)cc1. The first-order valence-corrected chi connectivity index (χ1v) is 7.70. The van der Waals surface area contributed by atoms with Crippen LogP contribution in [0.5, 0.6) is 0 Å². The van der Waals surface area contributed by atoms with Crippen molar-refractivity contribution < 1.29 is 19.7 Å². The van der Waals surface area contributed by atoms with E-state index in [0.29, 0.717) is 22.4 Å². The first-order valence-electron chi connectivity index (χ1n) is 7.70. The number of hydrogen-bond donors (Lipinski definition) is 5. The van der Waals surface area contributed by atoms with E-state index in [2.05, 4.69) is 5.43 Å². The standard InChI is InChI=1S/C18H18FN3O3/c19-13-4-6-14(7-5-13)22-18(20)15(9-21-22)17(25)12-3-1-2-11(8-12)16(24)10-23/h1-8,16,20-21,23-25H,9-10H2. The summed E-state index contributed by atoms with van der Waals surface area (Å²) in [6, 6.07) is 12.2. The number of halogens is 1. The lowest BCUT2D eigenvalue weighted by Crippen LogP contribution is -2.33. The Morgan fingerprint density at radius 2 is 1.96 bits per heavy atom. The van der Waals surface area contributed by atoms with Gasteiger partial charge in [-0.25, -0.2) is 9.82 Å². The average molecular weight is 343 g/mol. The van der Waals surface area contributed by atoms with E-state index >= 15 is 0 Å². The van der Waals surface area contributed by atoms with Crippen LogP contribution in [0.1, 0.15) is 17.2 Å². The molecule has 5 N–H and O–H groups in total. The molecule has 1 aliphatic heterocycles. The van der Waals surface area contributed by atoms with Gasteiger partial charge in [0.15, 0.2) is 0 Å². The molecule has 1 heterocycles. The van der Waals surface area contributed by atoms with Crippen LogP contribution in [0.25, 0.3) is 5.76 Å². The molecule has 0 spiro atoms. The normalized spacial score (nSPS) is 17.7. The lowest BCUT2D eigenvalue weighted by atomic mass is 10.0. The van der Waals surface area contributed by atoms with Gasteiger partial charge in [-0.3, -0.25) is 10.4 Å². The van der Waals surface area contributed by atoms with Crippen LogP contribution in [0.3, 0.4) is 0 Å². The molecule has 1 saturated heterocycles. The molecule has 2 aromatic rings.